The topological polar surface area (TPSA) is 105 Å². The van der Waals surface area contributed by atoms with Gasteiger partial charge in [0.1, 0.15) is 0 Å². The van der Waals surface area contributed by atoms with Gasteiger partial charge in [-0.05, 0) is 94.1 Å². The minimum Gasteiger partial charge on any atom is -0.381 e. The Labute approximate surface area is 208 Å². The maximum absolute atomic E-state index is 12.3. The number of hydrogen-bond donors (Lipinski definition) is 3. The number of aryl methyl sites for hydroxylation is 3. The van der Waals surface area contributed by atoms with Crippen LogP contribution in [0.2, 0.25) is 0 Å². The molecule has 4 N–H and O–H groups in total. The molecule has 1 aromatic heterocycles. The normalized spacial score (nSPS) is 21.3. The first-order chi connectivity index (χ1) is 17.1. The van der Waals surface area contributed by atoms with Gasteiger partial charge in [0.05, 0.1) is 5.69 Å². The lowest BCUT2D eigenvalue weighted by molar-refractivity contribution is 0.0903. The van der Waals surface area contributed by atoms with Gasteiger partial charge in [-0.2, -0.15) is 0 Å². The number of nitrogens with two attached hydrogens (primary N) is 1. The molecule has 35 heavy (non-hydrogen) atoms. The van der Waals surface area contributed by atoms with E-state index in [1.807, 2.05) is 6.92 Å². The van der Waals surface area contributed by atoms with Crippen LogP contribution in [0.15, 0.2) is 18.2 Å². The molecule has 1 aliphatic carbocycles. The van der Waals surface area contributed by atoms with Crippen molar-refractivity contribution >= 4 is 23.2 Å². The van der Waals surface area contributed by atoms with Crippen LogP contribution in [0, 0.1) is 0 Å². The summed E-state index contributed by atoms with van der Waals surface area (Å²) in [7, 11) is 0. The number of rotatable bonds is 7. The van der Waals surface area contributed by atoms with E-state index in [0.29, 0.717) is 18.3 Å². The zero-order valence-corrected chi connectivity index (χ0v) is 20.8. The Morgan fingerprint density at radius 2 is 1.80 bits per heavy atom. The molecule has 188 valence electrons. The third-order valence-electron chi connectivity index (χ3n) is 7.72. The predicted molar refractivity (Wildman–Crippen MR) is 138 cm³/mol. The second-order valence-electron chi connectivity index (χ2n) is 10.0. The van der Waals surface area contributed by atoms with E-state index in [1.165, 1.54) is 49.9 Å². The van der Waals surface area contributed by atoms with E-state index in [0.717, 1.165) is 56.1 Å². The lowest BCUT2D eigenvalue weighted by atomic mass is 10.0. The highest BCUT2D eigenvalue weighted by Gasteiger charge is 2.25. The fourth-order valence-corrected chi connectivity index (χ4v) is 5.70. The van der Waals surface area contributed by atoms with Crippen LogP contribution in [0.3, 0.4) is 0 Å². The second-order valence-corrected chi connectivity index (χ2v) is 10.0. The number of nitrogens with zero attached hydrogens (tertiary/aromatic N) is 3. The molecule has 1 unspecified atom stereocenters. The van der Waals surface area contributed by atoms with E-state index in [9.17, 15) is 4.79 Å². The molecule has 2 fully saturated rings. The Bertz CT molecular complexity index is 1050. The maximum atomic E-state index is 12.3. The molecule has 2 aliphatic heterocycles. The molecule has 1 amide bonds. The Kier molecular flexibility index (Phi) is 7.48. The highest BCUT2D eigenvalue weighted by molar-refractivity contribution is 5.96. The van der Waals surface area contributed by atoms with Crippen LogP contribution in [0.1, 0.15) is 72.8 Å². The number of carbonyl (C=O) groups is 1. The van der Waals surface area contributed by atoms with E-state index in [4.69, 9.17) is 15.5 Å². The van der Waals surface area contributed by atoms with Gasteiger partial charge in [0.15, 0.2) is 17.3 Å². The highest BCUT2D eigenvalue weighted by atomic mass is 16.5. The van der Waals surface area contributed by atoms with Crippen LogP contribution in [-0.2, 0) is 24.0 Å². The molecule has 3 heterocycles. The standard InChI is InChI=1S/C27H38N6O2/c1-2-23-26(29-20-11-15-35-16-12-20)32-27(24(31-23)25(28)34)30-21-8-5-18-6-9-22(10-7-19(18)17-21)33-13-3-4-14-33/h5,8,17,20,22H,2-4,6-7,9-16H2,1H3,(H2,28,34)(H2,29,30,32). The van der Waals surface area contributed by atoms with E-state index in [2.05, 4.69) is 38.7 Å². The highest BCUT2D eigenvalue weighted by Crippen LogP contribution is 2.30. The maximum Gasteiger partial charge on any atom is 0.271 e. The molecular weight excluding hydrogens is 440 g/mol. The summed E-state index contributed by atoms with van der Waals surface area (Å²) >= 11 is 0. The molecule has 0 spiro atoms. The molecule has 8 nitrogen and oxygen atoms in total. The first-order valence-electron chi connectivity index (χ1n) is 13.3. The number of likely N-dealkylation sites (tertiary alicyclic amines) is 1. The van der Waals surface area contributed by atoms with Gasteiger partial charge in [-0.15, -0.1) is 0 Å². The average molecular weight is 479 g/mol. The van der Waals surface area contributed by atoms with Crippen molar-refractivity contribution < 1.29 is 9.53 Å². The van der Waals surface area contributed by atoms with Crippen LogP contribution in [0.4, 0.5) is 17.3 Å². The summed E-state index contributed by atoms with van der Waals surface area (Å²) in [6.07, 6.45) is 9.81. The molecule has 2 aromatic rings. The average Bonchev–Trinajstić information content (AvgIpc) is 3.32. The number of amides is 1. The second kappa shape index (κ2) is 10.9. The Morgan fingerprint density at radius 1 is 1.06 bits per heavy atom. The molecule has 0 radical (unpaired) electrons. The number of carbonyl (C=O) groups excluding carboxylic acids is 1. The van der Waals surface area contributed by atoms with Crippen molar-refractivity contribution in [1.29, 1.82) is 0 Å². The van der Waals surface area contributed by atoms with Crippen molar-refractivity contribution in [3.05, 3.63) is 40.7 Å². The molecule has 3 aliphatic rings. The van der Waals surface area contributed by atoms with Crippen molar-refractivity contribution in [2.75, 3.05) is 36.9 Å². The number of benzene rings is 1. The minimum absolute atomic E-state index is 0.184. The summed E-state index contributed by atoms with van der Waals surface area (Å²) in [5.74, 6) is 0.554. The van der Waals surface area contributed by atoms with Crippen molar-refractivity contribution in [3.8, 4) is 0 Å². The van der Waals surface area contributed by atoms with Gasteiger partial charge >= 0.3 is 0 Å². The molecule has 0 bridgehead atoms. The zero-order valence-electron chi connectivity index (χ0n) is 20.8. The number of primary amides is 1. The molecule has 8 heteroatoms. The van der Waals surface area contributed by atoms with Crippen molar-refractivity contribution in [1.82, 2.24) is 14.9 Å². The van der Waals surface area contributed by atoms with Crippen molar-refractivity contribution in [2.24, 2.45) is 5.73 Å². The minimum atomic E-state index is -0.574. The first kappa shape index (κ1) is 24.0. The summed E-state index contributed by atoms with van der Waals surface area (Å²) in [6.45, 7) is 6.00. The Morgan fingerprint density at radius 3 is 2.51 bits per heavy atom. The van der Waals surface area contributed by atoms with Crippen molar-refractivity contribution in [2.45, 2.75) is 76.8 Å². The molecular formula is C27H38N6O2. The first-order valence-corrected chi connectivity index (χ1v) is 13.3. The van der Waals surface area contributed by atoms with E-state index < -0.39 is 5.91 Å². The molecule has 0 saturated carbocycles. The van der Waals surface area contributed by atoms with Gasteiger partial charge in [-0.3, -0.25) is 4.79 Å². The zero-order chi connectivity index (χ0) is 24.2. The number of anilines is 3. The van der Waals surface area contributed by atoms with Gasteiger partial charge in [0.2, 0.25) is 0 Å². The number of hydrogen-bond acceptors (Lipinski definition) is 7. The monoisotopic (exact) mass is 478 g/mol. The largest absolute Gasteiger partial charge is 0.381 e. The predicted octanol–water partition coefficient (Wildman–Crippen LogP) is 3.82. The number of fused-ring (bicyclic) bond motifs is 1. The number of nitrogens with one attached hydrogen (secondary N) is 2. The number of aromatic nitrogens is 2. The van der Waals surface area contributed by atoms with Gasteiger partial charge in [-0.1, -0.05) is 13.0 Å². The summed E-state index contributed by atoms with van der Waals surface area (Å²) in [5, 5.41) is 6.90. The Balaban J connectivity index is 1.37. The summed E-state index contributed by atoms with van der Waals surface area (Å²) < 4.78 is 5.48. The van der Waals surface area contributed by atoms with Crippen LogP contribution >= 0.6 is 0 Å². The van der Waals surface area contributed by atoms with Crippen LogP contribution < -0.4 is 16.4 Å². The van der Waals surface area contributed by atoms with Crippen LogP contribution in [-0.4, -0.2) is 59.2 Å². The quantitative estimate of drug-likeness (QED) is 0.520. The van der Waals surface area contributed by atoms with Crippen LogP contribution in [0.5, 0.6) is 0 Å². The van der Waals surface area contributed by atoms with Gasteiger partial charge in [-0.25, -0.2) is 9.97 Å². The van der Waals surface area contributed by atoms with E-state index in [1.54, 1.807) is 0 Å². The summed E-state index contributed by atoms with van der Waals surface area (Å²) in [5.41, 5.74) is 10.4. The SMILES string of the molecule is CCc1nc(C(N)=O)c(Nc2ccc3c(c2)CCC(N2CCCC2)CC3)nc1NC1CCOCC1. The molecule has 5 rings (SSSR count). The molecule has 2 saturated heterocycles. The molecule has 1 aromatic carbocycles. The lowest BCUT2D eigenvalue weighted by Gasteiger charge is -2.26. The van der Waals surface area contributed by atoms with Crippen molar-refractivity contribution in [3.63, 3.8) is 0 Å². The fourth-order valence-electron chi connectivity index (χ4n) is 5.70. The smallest absolute Gasteiger partial charge is 0.271 e. The van der Waals surface area contributed by atoms with Crippen LogP contribution in [0.25, 0.3) is 0 Å². The molecule has 1 atom stereocenters. The van der Waals surface area contributed by atoms with Gasteiger partial charge in [0, 0.05) is 31.0 Å². The fraction of sp³-hybridized carbons (Fsp3) is 0.593. The van der Waals surface area contributed by atoms with E-state index in [-0.39, 0.29) is 11.7 Å². The third kappa shape index (κ3) is 5.59. The Hall–Kier alpha value is -2.71. The van der Waals surface area contributed by atoms with Gasteiger partial charge < -0.3 is 26.0 Å². The summed E-state index contributed by atoms with van der Waals surface area (Å²) in [6, 6.07) is 7.50. The summed E-state index contributed by atoms with van der Waals surface area (Å²) in [4.78, 5) is 24.4. The van der Waals surface area contributed by atoms with Gasteiger partial charge in [0.25, 0.3) is 5.91 Å². The lowest BCUT2D eigenvalue weighted by Crippen LogP contribution is -2.32. The number of ether oxygens (including phenoxy) is 1. The third-order valence-corrected chi connectivity index (χ3v) is 7.72. The van der Waals surface area contributed by atoms with E-state index >= 15 is 0 Å².